The fraction of sp³-hybridized carbons (Fsp3) is 0.727. The maximum atomic E-state index is 5.70. The Kier molecular flexibility index (Phi) is 3.19. The molecule has 0 radical (unpaired) electrons. The lowest BCUT2D eigenvalue weighted by Gasteiger charge is -2.22. The fourth-order valence-electron chi connectivity index (χ4n) is 1.74. The summed E-state index contributed by atoms with van der Waals surface area (Å²) >= 11 is 0. The minimum absolute atomic E-state index is 0.667. The molecule has 3 nitrogen and oxygen atoms in total. The Morgan fingerprint density at radius 2 is 2.43 bits per heavy atom. The highest BCUT2D eigenvalue weighted by molar-refractivity contribution is 5.05. The van der Waals surface area contributed by atoms with Crippen molar-refractivity contribution in [3.63, 3.8) is 0 Å². The van der Waals surface area contributed by atoms with E-state index in [0.29, 0.717) is 5.92 Å². The number of rotatable bonds is 5. The molecule has 0 spiro atoms. The molecule has 1 aromatic heterocycles. The van der Waals surface area contributed by atoms with Crippen molar-refractivity contribution >= 4 is 0 Å². The normalized spacial score (nSPS) is 16.9. The van der Waals surface area contributed by atoms with Gasteiger partial charge in [0, 0.05) is 12.3 Å². The van der Waals surface area contributed by atoms with Crippen LogP contribution >= 0.6 is 0 Å². The summed E-state index contributed by atoms with van der Waals surface area (Å²) in [4.78, 5) is 4.30. The number of aromatic nitrogens is 1. The van der Waals surface area contributed by atoms with Gasteiger partial charge in [-0.3, -0.25) is 0 Å². The molecular formula is C11H18N2O. The van der Waals surface area contributed by atoms with Gasteiger partial charge in [0.1, 0.15) is 5.76 Å². The molecule has 3 heteroatoms. The van der Waals surface area contributed by atoms with Crippen LogP contribution in [-0.4, -0.2) is 18.6 Å². The van der Waals surface area contributed by atoms with Crippen molar-refractivity contribution in [1.82, 2.24) is 10.3 Å². The van der Waals surface area contributed by atoms with Crippen LogP contribution in [0.4, 0.5) is 0 Å². The van der Waals surface area contributed by atoms with Gasteiger partial charge in [0.25, 0.3) is 0 Å². The van der Waals surface area contributed by atoms with Gasteiger partial charge >= 0.3 is 0 Å². The molecule has 1 saturated carbocycles. The van der Waals surface area contributed by atoms with E-state index in [1.807, 2.05) is 13.2 Å². The third kappa shape index (κ3) is 2.15. The molecule has 0 amide bonds. The number of hydrogen-bond donors (Lipinski definition) is 1. The highest BCUT2D eigenvalue weighted by Crippen LogP contribution is 2.36. The molecule has 1 aliphatic carbocycles. The highest BCUT2D eigenvalue weighted by Gasteiger charge is 2.23. The van der Waals surface area contributed by atoms with Crippen LogP contribution < -0.4 is 5.32 Å². The molecule has 14 heavy (non-hydrogen) atoms. The Labute approximate surface area is 84.9 Å². The molecule has 1 aliphatic rings. The van der Waals surface area contributed by atoms with Gasteiger partial charge < -0.3 is 9.73 Å². The minimum Gasteiger partial charge on any atom is -0.445 e. The van der Waals surface area contributed by atoms with Crippen molar-refractivity contribution in [1.29, 1.82) is 0 Å². The lowest BCUT2D eigenvalue weighted by atomic mass is 9.84. The predicted molar refractivity (Wildman–Crippen MR) is 55.3 cm³/mol. The SMILES string of the molecule is CNCCCc1ncc(C2CCC2)o1. The second-order valence-corrected chi connectivity index (χ2v) is 3.99. The summed E-state index contributed by atoms with van der Waals surface area (Å²) in [5.74, 6) is 2.68. The molecule has 78 valence electrons. The topological polar surface area (TPSA) is 38.1 Å². The van der Waals surface area contributed by atoms with Gasteiger partial charge in [-0.15, -0.1) is 0 Å². The smallest absolute Gasteiger partial charge is 0.194 e. The van der Waals surface area contributed by atoms with Gasteiger partial charge in [0.15, 0.2) is 5.89 Å². The molecule has 2 rings (SSSR count). The van der Waals surface area contributed by atoms with Gasteiger partial charge in [-0.2, -0.15) is 0 Å². The first-order valence-corrected chi connectivity index (χ1v) is 5.49. The van der Waals surface area contributed by atoms with Crippen LogP contribution in [0.2, 0.25) is 0 Å². The molecule has 0 bridgehead atoms. The zero-order valence-corrected chi connectivity index (χ0v) is 8.75. The monoisotopic (exact) mass is 194 g/mol. The van der Waals surface area contributed by atoms with Gasteiger partial charge in [-0.05, 0) is 32.9 Å². The Morgan fingerprint density at radius 1 is 1.57 bits per heavy atom. The summed E-state index contributed by atoms with van der Waals surface area (Å²) in [6.45, 7) is 1.03. The Hall–Kier alpha value is -0.830. The van der Waals surface area contributed by atoms with E-state index < -0.39 is 0 Å². The van der Waals surface area contributed by atoms with Crippen LogP contribution in [0, 0.1) is 0 Å². The van der Waals surface area contributed by atoms with Gasteiger partial charge in [-0.1, -0.05) is 6.42 Å². The average Bonchev–Trinajstić information content (AvgIpc) is 2.51. The first-order valence-electron chi connectivity index (χ1n) is 5.49. The van der Waals surface area contributed by atoms with Gasteiger partial charge in [-0.25, -0.2) is 4.98 Å². The summed E-state index contributed by atoms with van der Waals surface area (Å²) in [5, 5.41) is 3.12. The van der Waals surface area contributed by atoms with E-state index in [4.69, 9.17) is 4.42 Å². The lowest BCUT2D eigenvalue weighted by Crippen LogP contribution is -2.08. The van der Waals surface area contributed by atoms with E-state index in [9.17, 15) is 0 Å². The molecule has 0 aromatic carbocycles. The zero-order valence-electron chi connectivity index (χ0n) is 8.75. The third-order valence-corrected chi connectivity index (χ3v) is 2.90. The van der Waals surface area contributed by atoms with Crippen LogP contribution in [0.1, 0.15) is 43.3 Å². The first-order chi connectivity index (χ1) is 6.90. The predicted octanol–water partition coefficient (Wildman–Crippen LogP) is 2.09. The quantitative estimate of drug-likeness (QED) is 0.729. The van der Waals surface area contributed by atoms with Crippen molar-refractivity contribution in [3.8, 4) is 0 Å². The summed E-state index contributed by atoms with van der Waals surface area (Å²) in [6.07, 6.45) is 7.88. The molecular weight excluding hydrogens is 176 g/mol. The number of aryl methyl sites for hydroxylation is 1. The first kappa shape index (κ1) is 9.71. The van der Waals surface area contributed by atoms with Crippen LogP contribution in [0.5, 0.6) is 0 Å². The number of nitrogens with one attached hydrogen (secondary N) is 1. The van der Waals surface area contributed by atoms with Crippen LogP contribution in [0.3, 0.4) is 0 Å². The van der Waals surface area contributed by atoms with Gasteiger partial charge in [0.2, 0.25) is 0 Å². The van der Waals surface area contributed by atoms with Crippen molar-refractivity contribution < 1.29 is 4.42 Å². The Morgan fingerprint density at radius 3 is 3.07 bits per heavy atom. The molecule has 1 heterocycles. The maximum absolute atomic E-state index is 5.70. The maximum Gasteiger partial charge on any atom is 0.194 e. The second-order valence-electron chi connectivity index (χ2n) is 3.99. The van der Waals surface area contributed by atoms with Gasteiger partial charge in [0.05, 0.1) is 6.20 Å². The van der Waals surface area contributed by atoms with E-state index in [2.05, 4.69) is 10.3 Å². The Balaban J connectivity index is 1.83. The molecule has 1 fully saturated rings. The molecule has 0 aliphatic heterocycles. The minimum atomic E-state index is 0.667. The largest absolute Gasteiger partial charge is 0.445 e. The van der Waals surface area contributed by atoms with Crippen LogP contribution in [0.25, 0.3) is 0 Å². The summed E-state index contributed by atoms with van der Waals surface area (Å²) in [6, 6.07) is 0. The summed E-state index contributed by atoms with van der Waals surface area (Å²) in [5.41, 5.74) is 0. The van der Waals surface area contributed by atoms with Crippen molar-refractivity contribution in [2.45, 2.75) is 38.0 Å². The van der Waals surface area contributed by atoms with Crippen molar-refractivity contribution in [2.75, 3.05) is 13.6 Å². The number of oxazole rings is 1. The summed E-state index contributed by atoms with van der Waals surface area (Å²) < 4.78 is 5.70. The molecule has 0 saturated heterocycles. The fourth-order valence-corrected chi connectivity index (χ4v) is 1.74. The van der Waals surface area contributed by atoms with Crippen LogP contribution in [-0.2, 0) is 6.42 Å². The van der Waals surface area contributed by atoms with Crippen LogP contribution in [0.15, 0.2) is 10.6 Å². The molecule has 0 unspecified atom stereocenters. The second kappa shape index (κ2) is 4.60. The molecule has 1 aromatic rings. The lowest BCUT2D eigenvalue weighted by molar-refractivity contribution is 0.333. The average molecular weight is 194 g/mol. The standard InChI is InChI=1S/C11H18N2O/c1-12-7-3-6-11-13-8-10(14-11)9-4-2-5-9/h8-9,12H,2-7H2,1H3. The highest BCUT2D eigenvalue weighted by atomic mass is 16.4. The van der Waals surface area contributed by atoms with E-state index in [0.717, 1.165) is 31.0 Å². The third-order valence-electron chi connectivity index (χ3n) is 2.90. The van der Waals surface area contributed by atoms with E-state index in [-0.39, 0.29) is 0 Å². The zero-order chi connectivity index (χ0) is 9.80. The van der Waals surface area contributed by atoms with Crippen molar-refractivity contribution in [2.24, 2.45) is 0 Å². The van der Waals surface area contributed by atoms with E-state index in [1.165, 1.54) is 19.3 Å². The Bertz CT molecular complexity index is 279. The summed E-state index contributed by atoms with van der Waals surface area (Å²) in [7, 11) is 1.97. The molecule has 1 N–H and O–H groups in total. The number of hydrogen-bond acceptors (Lipinski definition) is 3. The van der Waals surface area contributed by atoms with E-state index >= 15 is 0 Å². The number of nitrogens with zero attached hydrogens (tertiary/aromatic N) is 1. The van der Waals surface area contributed by atoms with Crippen molar-refractivity contribution in [3.05, 3.63) is 17.8 Å². The molecule has 0 atom stereocenters. The van der Waals surface area contributed by atoms with E-state index in [1.54, 1.807) is 0 Å².